The van der Waals surface area contributed by atoms with E-state index in [-0.39, 0.29) is 6.61 Å². The van der Waals surface area contributed by atoms with Gasteiger partial charge in [-0.2, -0.15) is 0 Å². The maximum atomic E-state index is 12.2. The number of hydrogen-bond donors (Lipinski definition) is 1. The molecule has 1 atom stereocenters. The van der Waals surface area contributed by atoms with Crippen LogP contribution < -0.4 is 24.2 Å². The van der Waals surface area contributed by atoms with Crippen LogP contribution in [-0.4, -0.2) is 27.9 Å². The summed E-state index contributed by atoms with van der Waals surface area (Å²) in [5, 5.41) is 0. The molecule has 0 radical (unpaired) electrons. The monoisotopic (exact) mass is 541 g/mol. The topological polar surface area (TPSA) is 89.2 Å². The van der Waals surface area contributed by atoms with E-state index in [1.807, 2.05) is 59.7 Å². The second-order valence-electron chi connectivity index (χ2n) is 7.11. The van der Waals surface area contributed by atoms with Crippen molar-refractivity contribution in [3.8, 4) is 34.1 Å². The molecule has 0 saturated heterocycles. The lowest BCUT2D eigenvalue weighted by Crippen LogP contribution is -2.06. The van der Waals surface area contributed by atoms with Gasteiger partial charge in [-0.25, -0.2) is 10.1 Å². The fraction of sp³-hybridized carbons (Fsp3) is 0.586. The number of methoxy groups -OCH3 is 3. The lowest BCUT2D eigenvalue weighted by molar-refractivity contribution is 0.280. The molecular weight excluding hydrogens is 489 g/mol. The Kier molecular flexibility index (Phi) is 20.8. The van der Waals surface area contributed by atoms with Gasteiger partial charge in [0.2, 0.25) is 5.75 Å². The molecule has 0 heterocycles. The van der Waals surface area contributed by atoms with E-state index < -0.39 is 7.75 Å². The van der Waals surface area contributed by atoms with Crippen LogP contribution in [0, 0.1) is 0 Å². The number of nitrogens with two attached hydrogens (primary N) is 1. The van der Waals surface area contributed by atoms with Crippen LogP contribution in [-0.2, 0) is 21.9 Å². The standard InChI is InChI=1S/C20H26NO6P.C3H8.3C2H6/c1-5-26-28(21,22)27-15-9-10-16-13(11-15)7-6-8-14-12-17(23-2)19(24-3)20(25-4)18(14)16;1-3-2;3*1-2/h9-12H,5-8H2,1-4H3,(H2,21,22);3H2,1-2H3;3*1-2H3. The van der Waals surface area contributed by atoms with E-state index in [1.165, 1.54) is 6.42 Å². The Morgan fingerprint density at radius 2 is 1.35 bits per heavy atom. The van der Waals surface area contributed by atoms with Gasteiger partial charge >= 0.3 is 7.75 Å². The summed E-state index contributed by atoms with van der Waals surface area (Å²) in [4.78, 5) is 0. The Balaban J connectivity index is 0. The van der Waals surface area contributed by atoms with Crippen molar-refractivity contribution in [1.29, 1.82) is 0 Å². The highest BCUT2D eigenvalue weighted by molar-refractivity contribution is 7.51. The van der Waals surface area contributed by atoms with Crippen molar-refractivity contribution < 1.29 is 27.8 Å². The fourth-order valence-corrected chi connectivity index (χ4v) is 4.42. The Morgan fingerprint density at radius 3 is 1.84 bits per heavy atom. The highest BCUT2D eigenvalue weighted by atomic mass is 31.2. The molecule has 0 amide bonds. The van der Waals surface area contributed by atoms with Crippen molar-refractivity contribution in [3.05, 3.63) is 35.4 Å². The fourth-order valence-electron chi connectivity index (χ4n) is 3.60. The summed E-state index contributed by atoms with van der Waals surface area (Å²) in [6, 6.07) is 7.52. The predicted molar refractivity (Wildman–Crippen MR) is 158 cm³/mol. The number of hydrogen-bond acceptors (Lipinski definition) is 6. The zero-order valence-electron chi connectivity index (χ0n) is 25.3. The van der Waals surface area contributed by atoms with Crippen molar-refractivity contribution in [2.24, 2.45) is 5.50 Å². The Bertz CT molecular complexity index is 933. The number of benzene rings is 2. The normalized spacial score (nSPS) is 12.2. The van der Waals surface area contributed by atoms with Gasteiger partial charge in [0, 0.05) is 5.56 Å². The maximum Gasteiger partial charge on any atom is 0.456 e. The minimum absolute atomic E-state index is 0.213. The van der Waals surface area contributed by atoms with Crippen LogP contribution >= 0.6 is 7.75 Å². The number of fused-ring (bicyclic) bond motifs is 3. The Morgan fingerprint density at radius 1 is 0.811 bits per heavy atom. The summed E-state index contributed by atoms with van der Waals surface area (Å²) in [6.07, 6.45) is 3.89. The molecule has 1 unspecified atom stereocenters. The summed E-state index contributed by atoms with van der Waals surface area (Å²) in [5.74, 6) is 2.25. The quantitative estimate of drug-likeness (QED) is 0.350. The van der Waals surface area contributed by atoms with E-state index in [4.69, 9.17) is 28.8 Å². The molecule has 2 aromatic carbocycles. The lowest BCUT2D eigenvalue weighted by atomic mass is 9.94. The number of rotatable bonds is 7. The van der Waals surface area contributed by atoms with Gasteiger partial charge in [0.25, 0.3) is 0 Å². The molecule has 0 bridgehead atoms. The van der Waals surface area contributed by atoms with Crippen LogP contribution in [0.1, 0.15) is 86.3 Å². The third kappa shape index (κ3) is 11.0. The van der Waals surface area contributed by atoms with E-state index in [2.05, 4.69) is 13.8 Å². The molecule has 1 aliphatic carbocycles. The molecular formula is C29H52NO6P. The van der Waals surface area contributed by atoms with Gasteiger partial charge in [-0.1, -0.05) is 67.9 Å². The summed E-state index contributed by atoms with van der Waals surface area (Å²) in [7, 11) is 1.19. The maximum absolute atomic E-state index is 12.2. The van der Waals surface area contributed by atoms with E-state index in [9.17, 15) is 4.57 Å². The summed E-state index contributed by atoms with van der Waals surface area (Å²) in [6.45, 7) is 18.2. The van der Waals surface area contributed by atoms with Crippen molar-refractivity contribution in [2.75, 3.05) is 27.9 Å². The lowest BCUT2D eigenvalue weighted by Gasteiger charge is -2.20. The van der Waals surface area contributed by atoms with Crippen LogP contribution in [0.4, 0.5) is 0 Å². The number of aryl methyl sites for hydroxylation is 2. The average molecular weight is 542 g/mol. The van der Waals surface area contributed by atoms with Gasteiger partial charge in [-0.05, 0) is 61.1 Å². The van der Waals surface area contributed by atoms with Gasteiger partial charge in [0.1, 0.15) is 5.75 Å². The zero-order valence-corrected chi connectivity index (χ0v) is 26.2. The predicted octanol–water partition coefficient (Wildman–Crippen LogP) is 8.85. The van der Waals surface area contributed by atoms with Crippen LogP contribution in [0.5, 0.6) is 23.0 Å². The second kappa shape index (κ2) is 20.8. The highest BCUT2D eigenvalue weighted by Gasteiger charge is 2.26. The first kappa shape index (κ1) is 36.9. The van der Waals surface area contributed by atoms with Crippen molar-refractivity contribution >= 4 is 7.75 Å². The summed E-state index contributed by atoms with van der Waals surface area (Å²) < 4.78 is 39.3. The highest BCUT2D eigenvalue weighted by Crippen LogP contribution is 2.50. The van der Waals surface area contributed by atoms with E-state index in [0.29, 0.717) is 23.0 Å². The molecule has 2 aromatic rings. The van der Waals surface area contributed by atoms with E-state index >= 15 is 0 Å². The summed E-state index contributed by atoms with van der Waals surface area (Å²) >= 11 is 0. The van der Waals surface area contributed by atoms with Crippen molar-refractivity contribution in [3.63, 3.8) is 0 Å². The van der Waals surface area contributed by atoms with Crippen LogP contribution in [0.25, 0.3) is 11.1 Å². The Labute approximate surface area is 226 Å². The van der Waals surface area contributed by atoms with Gasteiger partial charge in [0.15, 0.2) is 11.5 Å². The van der Waals surface area contributed by atoms with Gasteiger partial charge in [0.05, 0.1) is 27.9 Å². The molecule has 8 heteroatoms. The number of ether oxygens (including phenoxy) is 3. The van der Waals surface area contributed by atoms with Crippen LogP contribution in [0.15, 0.2) is 24.3 Å². The molecule has 0 aromatic heterocycles. The second-order valence-corrected chi connectivity index (χ2v) is 8.63. The summed E-state index contributed by atoms with van der Waals surface area (Å²) in [5.41, 5.74) is 9.79. The van der Waals surface area contributed by atoms with Crippen molar-refractivity contribution in [1.82, 2.24) is 0 Å². The molecule has 3 rings (SSSR count). The van der Waals surface area contributed by atoms with Crippen LogP contribution in [0.3, 0.4) is 0 Å². The third-order valence-electron chi connectivity index (χ3n) is 4.69. The molecule has 214 valence electrons. The largest absolute Gasteiger partial charge is 0.493 e. The van der Waals surface area contributed by atoms with Crippen molar-refractivity contribution in [2.45, 2.75) is 88.0 Å². The third-order valence-corrected chi connectivity index (χ3v) is 5.78. The zero-order chi connectivity index (χ0) is 29.0. The minimum Gasteiger partial charge on any atom is -0.493 e. The molecule has 0 fully saturated rings. The van der Waals surface area contributed by atoms with Gasteiger partial charge in [-0.3, -0.25) is 4.52 Å². The Hall–Kier alpha value is -2.21. The van der Waals surface area contributed by atoms with Gasteiger partial charge in [-0.15, -0.1) is 0 Å². The van der Waals surface area contributed by atoms with Crippen LogP contribution in [0.2, 0.25) is 0 Å². The molecule has 1 aliphatic rings. The molecule has 0 aliphatic heterocycles. The SMILES string of the molecule is CC.CC.CC.CCC.CCOP(N)(=O)Oc1ccc2c(c1)CCCc1cc(OC)c(OC)c(OC)c1-2. The molecule has 0 saturated carbocycles. The first-order valence-corrected chi connectivity index (χ1v) is 15.1. The first-order valence-electron chi connectivity index (χ1n) is 13.5. The average Bonchev–Trinajstić information content (AvgIpc) is 3.09. The molecule has 0 spiro atoms. The molecule has 2 N–H and O–H groups in total. The van der Waals surface area contributed by atoms with Gasteiger partial charge < -0.3 is 18.7 Å². The van der Waals surface area contributed by atoms with E-state index in [0.717, 1.165) is 41.5 Å². The first-order chi connectivity index (χ1) is 17.8. The molecule has 7 nitrogen and oxygen atoms in total. The minimum atomic E-state index is -3.63. The van der Waals surface area contributed by atoms with E-state index in [1.54, 1.807) is 34.3 Å². The molecule has 37 heavy (non-hydrogen) atoms. The smallest absolute Gasteiger partial charge is 0.456 e.